The minimum Gasteiger partial charge on any atom is -0.379 e. The molecule has 0 atom stereocenters. The Morgan fingerprint density at radius 3 is 2.57 bits per heavy atom. The van der Waals surface area contributed by atoms with Gasteiger partial charge < -0.3 is 5.32 Å². The monoisotopic (exact) mass is 356 g/mol. The lowest BCUT2D eigenvalue weighted by molar-refractivity contribution is -0.384. The van der Waals surface area contributed by atoms with Crippen LogP contribution in [0.3, 0.4) is 0 Å². The summed E-state index contributed by atoms with van der Waals surface area (Å²) in [5.74, 6) is -1.03. The summed E-state index contributed by atoms with van der Waals surface area (Å²) in [5.41, 5.74) is 0.336. The smallest absolute Gasteiger partial charge is 0.295 e. The van der Waals surface area contributed by atoms with Gasteiger partial charge in [0.1, 0.15) is 17.3 Å². The molecule has 0 saturated heterocycles. The molecule has 2 aromatic carbocycles. The lowest BCUT2D eigenvalue weighted by Crippen LogP contribution is -2.08. The van der Waals surface area contributed by atoms with Gasteiger partial charge in [-0.1, -0.05) is 18.2 Å². The number of rotatable bonds is 5. The second kappa shape index (κ2) is 6.62. The molecule has 0 aromatic heterocycles. The number of halogens is 3. The largest absolute Gasteiger partial charge is 0.379 e. The van der Waals surface area contributed by atoms with E-state index in [2.05, 4.69) is 21.2 Å². The molecule has 0 heterocycles. The van der Waals surface area contributed by atoms with Crippen LogP contribution in [0.15, 0.2) is 40.9 Å². The average Bonchev–Trinajstić information content (AvgIpc) is 2.44. The molecular weight excluding hydrogens is 346 g/mol. The summed E-state index contributed by atoms with van der Waals surface area (Å²) in [6, 6.07) is 8.45. The molecule has 7 heteroatoms. The molecule has 0 aliphatic rings. The van der Waals surface area contributed by atoms with E-state index in [0.29, 0.717) is 18.5 Å². The zero-order valence-electron chi connectivity index (χ0n) is 10.8. The molecule has 0 amide bonds. The second-order valence-corrected chi connectivity index (χ2v) is 5.16. The Labute approximate surface area is 128 Å². The summed E-state index contributed by atoms with van der Waals surface area (Å²) in [6.45, 7) is 0.292. The number of anilines is 1. The van der Waals surface area contributed by atoms with Crippen molar-refractivity contribution < 1.29 is 13.7 Å². The van der Waals surface area contributed by atoms with Gasteiger partial charge in [-0.25, -0.2) is 8.78 Å². The first-order valence-corrected chi connectivity index (χ1v) is 6.89. The van der Waals surface area contributed by atoms with Crippen molar-refractivity contribution in [2.75, 3.05) is 11.9 Å². The molecule has 0 fully saturated rings. The van der Waals surface area contributed by atoms with E-state index in [1.165, 1.54) is 12.1 Å². The molecule has 2 aromatic rings. The third kappa shape index (κ3) is 3.75. The van der Waals surface area contributed by atoms with Gasteiger partial charge in [0.05, 0.1) is 15.5 Å². The fourth-order valence-corrected chi connectivity index (χ4v) is 2.21. The Morgan fingerprint density at radius 1 is 1.19 bits per heavy atom. The van der Waals surface area contributed by atoms with Crippen LogP contribution in [0.5, 0.6) is 0 Å². The van der Waals surface area contributed by atoms with Crippen LogP contribution in [0.1, 0.15) is 5.56 Å². The maximum absolute atomic E-state index is 13.4. The minimum absolute atomic E-state index is 0.126. The van der Waals surface area contributed by atoms with Crippen molar-refractivity contribution in [1.29, 1.82) is 0 Å². The van der Waals surface area contributed by atoms with Gasteiger partial charge >= 0.3 is 0 Å². The summed E-state index contributed by atoms with van der Waals surface area (Å²) < 4.78 is 26.9. The lowest BCUT2D eigenvalue weighted by Gasteiger charge is -2.08. The predicted molar refractivity (Wildman–Crippen MR) is 79.3 cm³/mol. The fraction of sp³-hybridized carbons (Fsp3) is 0.143. The average molecular weight is 357 g/mol. The highest BCUT2D eigenvalue weighted by molar-refractivity contribution is 9.10. The SMILES string of the molecule is O=[N+]([O-])c1cc(F)c(Br)cc1NCCc1ccccc1F. The first-order valence-electron chi connectivity index (χ1n) is 6.09. The van der Waals surface area contributed by atoms with Crippen LogP contribution in [0, 0.1) is 21.7 Å². The van der Waals surface area contributed by atoms with E-state index < -0.39 is 10.7 Å². The highest BCUT2D eigenvalue weighted by atomic mass is 79.9. The number of benzene rings is 2. The number of nitro benzene ring substituents is 1. The van der Waals surface area contributed by atoms with Crippen LogP contribution in [-0.4, -0.2) is 11.5 Å². The second-order valence-electron chi connectivity index (χ2n) is 4.31. The van der Waals surface area contributed by atoms with Gasteiger partial charge in [0, 0.05) is 6.54 Å². The molecule has 0 aliphatic heterocycles. The molecule has 0 saturated carbocycles. The van der Waals surface area contributed by atoms with Crippen molar-refractivity contribution in [2.45, 2.75) is 6.42 Å². The van der Waals surface area contributed by atoms with E-state index in [4.69, 9.17) is 0 Å². The van der Waals surface area contributed by atoms with E-state index in [0.717, 1.165) is 6.07 Å². The zero-order chi connectivity index (χ0) is 15.4. The first-order chi connectivity index (χ1) is 9.99. The summed E-state index contributed by atoms with van der Waals surface area (Å²) >= 11 is 2.98. The van der Waals surface area contributed by atoms with E-state index in [-0.39, 0.29) is 21.7 Å². The quantitative estimate of drug-likeness (QED) is 0.642. The molecule has 21 heavy (non-hydrogen) atoms. The van der Waals surface area contributed by atoms with Crippen molar-refractivity contribution >= 4 is 27.3 Å². The number of nitro groups is 1. The maximum Gasteiger partial charge on any atom is 0.295 e. The summed E-state index contributed by atoms with van der Waals surface area (Å²) in [4.78, 5) is 10.2. The minimum atomic E-state index is -0.707. The summed E-state index contributed by atoms with van der Waals surface area (Å²) in [6.07, 6.45) is 0.360. The lowest BCUT2D eigenvalue weighted by atomic mass is 10.1. The molecule has 1 N–H and O–H groups in total. The normalized spacial score (nSPS) is 10.4. The third-order valence-electron chi connectivity index (χ3n) is 2.90. The number of hydrogen-bond donors (Lipinski definition) is 1. The molecule has 0 spiro atoms. The fourth-order valence-electron chi connectivity index (χ4n) is 1.86. The topological polar surface area (TPSA) is 55.2 Å². The van der Waals surface area contributed by atoms with Crippen LogP contribution in [0.2, 0.25) is 0 Å². The summed E-state index contributed by atoms with van der Waals surface area (Å²) in [7, 11) is 0. The van der Waals surface area contributed by atoms with E-state index in [1.54, 1.807) is 18.2 Å². The molecule has 0 aliphatic carbocycles. The number of hydrogen-bond acceptors (Lipinski definition) is 3. The number of nitrogens with zero attached hydrogens (tertiary/aromatic N) is 1. The van der Waals surface area contributed by atoms with Crippen LogP contribution >= 0.6 is 15.9 Å². The molecule has 0 bridgehead atoms. The number of nitrogens with one attached hydrogen (secondary N) is 1. The molecular formula is C14H11BrF2N2O2. The standard InChI is InChI=1S/C14H11BrF2N2O2/c15-10-7-13(14(19(20)21)8-12(10)17)18-6-5-9-3-1-2-4-11(9)16/h1-4,7-8,18H,5-6H2. The Kier molecular flexibility index (Phi) is 4.85. The Hall–Kier alpha value is -2.02. The Bertz CT molecular complexity index is 680. The van der Waals surface area contributed by atoms with Crippen molar-refractivity contribution in [1.82, 2.24) is 0 Å². The Morgan fingerprint density at radius 2 is 1.90 bits per heavy atom. The van der Waals surface area contributed by atoms with Gasteiger partial charge in [0.15, 0.2) is 0 Å². The molecule has 2 rings (SSSR count). The predicted octanol–water partition coefficient (Wildman–Crippen LogP) is 4.29. The van der Waals surface area contributed by atoms with Crippen molar-refractivity contribution in [2.24, 2.45) is 0 Å². The van der Waals surface area contributed by atoms with Crippen molar-refractivity contribution in [3.05, 3.63) is 68.2 Å². The third-order valence-corrected chi connectivity index (χ3v) is 3.51. The highest BCUT2D eigenvalue weighted by Crippen LogP contribution is 2.30. The van der Waals surface area contributed by atoms with Crippen molar-refractivity contribution in [3.63, 3.8) is 0 Å². The van der Waals surface area contributed by atoms with Gasteiger partial charge in [0.2, 0.25) is 0 Å². The molecule has 0 unspecified atom stereocenters. The van der Waals surface area contributed by atoms with E-state index in [1.807, 2.05) is 0 Å². The maximum atomic E-state index is 13.4. The van der Waals surface area contributed by atoms with Crippen LogP contribution in [0.4, 0.5) is 20.2 Å². The van der Waals surface area contributed by atoms with Gasteiger partial charge in [-0.3, -0.25) is 10.1 Å². The van der Waals surface area contributed by atoms with Crippen molar-refractivity contribution in [3.8, 4) is 0 Å². The highest BCUT2D eigenvalue weighted by Gasteiger charge is 2.17. The molecule has 110 valence electrons. The van der Waals surface area contributed by atoms with Gasteiger partial charge in [-0.15, -0.1) is 0 Å². The van der Waals surface area contributed by atoms with E-state index in [9.17, 15) is 18.9 Å². The van der Waals surface area contributed by atoms with Gasteiger partial charge in [-0.05, 0) is 40.0 Å². The van der Waals surface area contributed by atoms with E-state index >= 15 is 0 Å². The summed E-state index contributed by atoms with van der Waals surface area (Å²) in [5, 5.41) is 13.7. The van der Waals surface area contributed by atoms with Gasteiger partial charge in [-0.2, -0.15) is 0 Å². The molecule has 4 nitrogen and oxygen atoms in total. The van der Waals surface area contributed by atoms with Gasteiger partial charge in [0.25, 0.3) is 5.69 Å². The van der Waals surface area contributed by atoms with Crippen LogP contribution in [-0.2, 0) is 6.42 Å². The first kappa shape index (κ1) is 15.4. The Balaban J connectivity index is 2.11. The zero-order valence-corrected chi connectivity index (χ0v) is 12.4. The molecule has 0 radical (unpaired) electrons. The van der Waals surface area contributed by atoms with Crippen LogP contribution < -0.4 is 5.32 Å². The van der Waals surface area contributed by atoms with Crippen LogP contribution in [0.25, 0.3) is 0 Å².